The van der Waals surface area contributed by atoms with Gasteiger partial charge in [0.05, 0.1) is 26.0 Å². The van der Waals surface area contributed by atoms with Gasteiger partial charge in [0.2, 0.25) is 0 Å². The van der Waals surface area contributed by atoms with Crippen molar-refractivity contribution >= 4 is 5.82 Å². The second-order valence-corrected chi connectivity index (χ2v) is 5.73. The molecule has 20 heavy (non-hydrogen) atoms. The number of pyridine rings is 1. The highest BCUT2D eigenvalue weighted by Crippen LogP contribution is 2.15. The number of aromatic nitrogens is 1. The summed E-state index contributed by atoms with van der Waals surface area (Å²) in [4.78, 5) is 2.45. The molecule has 1 saturated heterocycles. The zero-order valence-electron chi connectivity index (χ0n) is 13.1. The van der Waals surface area contributed by atoms with Gasteiger partial charge in [0.1, 0.15) is 13.1 Å². The molecule has 0 spiro atoms. The second-order valence-electron chi connectivity index (χ2n) is 5.73. The minimum atomic E-state index is 0.794. The molecule has 0 saturated carbocycles. The van der Waals surface area contributed by atoms with E-state index in [1.165, 1.54) is 31.5 Å². The molecule has 1 fully saturated rings. The van der Waals surface area contributed by atoms with Gasteiger partial charge in [0.15, 0.2) is 0 Å². The number of hydrogen-bond acceptors (Lipinski definition) is 2. The van der Waals surface area contributed by atoms with Crippen molar-refractivity contribution in [2.45, 2.75) is 46.1 Å². The third kappa shape index (κ3) is 4.20. The van der Waals surface area contributed by atoms with Crippen LogP contribution >= 0.6 is 0 Å². The third-order valence-electron chi connectivity index (χ3n) is 4.25. The number of hydrogen-bond donors (Lipinski definition) is 0. The first-order valence-electron chi connectivity index (χ1n) is 8.16. The molecule has 112 valence electrons. The molecule has 0 aliphatic carbocycles. The molecule has 2 heterocycles. The summed E-state index contributed by atoms with van der Waals surface area (Å²) in [6.07, 6.45) is 7.49. The van der Waals surface area contributed by atoms with Crippen LogP contribution in [0, 0.1) is 5.92 Å². The molecule has 3 heteroatoms. The molecule has 0 amide bonds. The predicted octanol–water partition coefficient (Wildman–Crippen LogP) is 3.03. The van der Waals surface area contributed by atoms with E-state index in [0.717, 1.165) is 38.8 Å². The zero-order chi connectivity index (χ0) is 14.2. The maximum absolute atomic E-state index is 5.47. The summed E-state index contributed by atoms with van der Waals surface area (Å²) in [5.41, 5.74) is 0. The van der Waals surface area contributed by atoms with Crippen molar-refractivity contribution in [1.82, 2.24) is 0 Å². The zero-order valence-corrected chi connectivity index (χ0v) is 13.1. The minimum Gasteiger partial charge on any atom is -0.373 e. The SMILES string of the molecule is CCCCC(CC)C[n+]1ccccc1N1CCOCC1. The van der Waals surface area contributed by atoms with E-state index in [9.17, 15) is 0 Å². The Morgan fingerprint density at radius 1 is 1.25 bits per heavy atom. The Morgan fingerprint density at radius 3 is 2.75 bits per heavy atom. The number of nitrogens with zero attached hydrogens (tertiary/aromatic N) is 2. The Labute approximate surface area is 123 Å². The summed E-state index contributed by atoms with van der Waals surface area (Å²) in [6.45, 7) is 9.46. The van der Waals surface area contributed by atoms with E-state index in [1.54, 1.807) is 0 Å². The van der Waals surface area contributed by atoms with Gasteiger partial charge >= 0.3 is 0 Å². The van der Waals surface area contributed by atoms with Crippen molar-refractivity contribution < 1.29 is 9.30 Å². The van der Waals surface area contributed by atoms with Crippen LogP contribution in [0.15, 0.2) is 24.4 Å². The molecule has 0 radical (unpaired) electrons. The predicted molar refractivity (Wildman–Crippen MR) is 83.0 cm³/mol. The first kappa shape index (κ1) is 15.3. The summed E-state index contributed by atoms with van der Waals surface area (Å²) in [7, 11) is 0. The van der Waals surface area contributed by atoms with Gasteiger partial charge < -0.3 is 4.74 Å². The van der Waals surface area contributed by atoms with Crippen LogP contribution in [0.25, 0.3) is 0 Å². The molecule has 1 aromatic heterocycles. The van der Waals surface area contributed by atoms with E-state index >= 15 is 0 Å². The molecule has 1 aliphatic heterocycles. The highest BCUT2D eigenvalue weighted by Gasteiger charge is 2.22. The van der Waals surface area contributed by atoms with Crippen molar-refractivity contribution in [2.75, 3.05) is 31.2 Å². The Hall–Kier alpha value is -1.09. The lowest BCUT2D eigenvalue weighted by atomic mass is 9.99. The third-order valence-corrected chi connectivity index (χ3v) is 4.25. The number of morpholine rings is 1. The van der Waals surface area contributed by atoms with Gasteiger partial charge in [-0.15, -0.1) is 0 Å². The monoisotopic (exact) mass is 277 g/mol. The van der Waals surface area contributed by atoms with Crippen molar-refractivity contribution in [3.05, 3.63) is 24.4 Å². The minimum absolute atomic E-state index is 0.794. The molecule has 2 rings (SSSR count). The summed E-state index contributed by atoms with van der Waals surface area (Å²) < 4.78 is 7.91. The summed E-state index contributed by atoms with van der Waals surface area (Å²) in [5.74, 6) is 2.15. The van der Waals surface area contributed by atoms with E-state index in [-0.39, 0.29) is 0 Å². The van der Waals surface area contributed by atoms with Gasteiger partial charge in [-0.2, -0.15) is 0 Å². The summed E-state index contributed by atoms with van der Waals surface area (Å²) in [5, 5.41) is 0. The molecule has 3 nitrogen and oxygen atoms in total. The average Bonchev–Trinajstić information content (AvgIpc) is 2.52. The Kier molecular flexibility index (Phi) is 6.31. The van der Waals surface area contributed by atoms with Crippen LogP contribution in [0.3, 0.4) is 0 Å². The molecule has 0 N–H and O–H groups in total. The Bertz CT molecular complexity index is 388. The lowest BCUT2D eigenvalue weighted by Gasteiger charge is -2.24. The normalized spacial score (nSPS) is 17.2. The van der Waals surface area contributed by atoms with Crippen molar-refractivity contribution in [3.63, 3.8) is 0 Å². The first-order valence-corrected chi connectivity index (χ1v) is 8.16. The summed E-state index contributed by atoms with van der Waals surface area (Å²) in [6, 6.07) is 6.54. The van der Waals surface area contributed by atoms with Crippen LogP contribution in [0.1, 0.15) is 39.5 Å². The molecule has 1 aromatic rings. The van der Waals surface area contributed by atoms with Gasteiger partial charge in [-0.25, -0.2) is 4.57 Å². The topological polar surface area (TPSA) is 16.4 Å². The maximum Gasteiger partial charge on any atom is 0.276 e. The maximum atomic E-state index is 5.47. The first-order chi connectivity index (χ1) is 9.85. The van der Waals surface area contributed by atoms with Crippen LogP contribution in [0.2, 0.25) is 0 Å². The van der Waals surface area contributed by atoms with Gasteiger partial charge in [0, 0.05) is 6.07 Å². The van der Waals surface area contributed by atoms with Crippen LogP contribution in [-0.2, 0) is 11.3 Å². The van der Waals surface area contributed by atoms with Crippen molar-refractivity contribution in [2.24, 2.45) is 5.92 Å². The Morgan fingerprint density at radius 2 is 2.05 bits per heavy atom. The fourth-order valence-corrected chi connectivity index (χ4v) is 2.90. The van der Waals surface area contributed by atoms with Crippen LogP contribution in [0.4, 0.5) is 5.82 Å². The lowest BCUT2D eigenvalue weighted by Crippen LogP contribution is -2.47. The standard InChI is InChI=1S/C17H29N2O/c1-3-5-8-16(4-2)15-19-10-7-6-9-17(19)18-11-13-20-14-12-18/h6-7,9-10,16H,3-5,8,11-15H2,1-2H3/q+1. The van der Waals surface area contributed by atoms with Gasteiger partial charge in [0.25, 0.3) is 5.82 Å². The van der Waals surface area contributed by atoms with E-state index in [1.807, 2.05) is 0 Å². The quantitative estimate of drug-likeness (QED) is 0.712. The fourth-order valence-electron chi connectivity index (χ4n) is 2.90. The van der Waals surface area contributed by atoms with Crippen molar-refractivity contribution in [1.29, 1.82) is 0 Å². The number of rotatable bonds is 7. The molecule has 1 atom stereocenters. The van der Waals surface area contributed by atoms with Gasteiger partial charge in [-0.05, 0) is 24.8 Å². The van der Waals surface area contributed by atoms with Crippen LogP contribution in [0.5, 0.6) is 0 Å². The molecule has 1 unspecified atom stereocenters. The number of unbranched alkanes of at least 4 members (excludes halogenated alkanes) is 1. The number of anilines is 1. The van der Waals surface area contributed by atoms with Gasteiger partial charge in [-0.3, -0.25) is 4.90 Å². The molecule has 0 aromatic carbocycles. The number of ether oxygens (including phenoxy) is 1. The summed E-state index contributed by atoms with van der Waals surface area (Å²) >= 11 is 0. The highest BCUT2D eigenvalue weighted by atomic mass is 16.5. The van der Waals surface area contributed by atoms with Crippen molar-refractivity contribution in [3.8, 4) is 0 Å². The van der Waals surface area contributed by atoms with E-state index in [0.29, 0.717) is 0 Å². The largest absolute Gasteiger partial charge is 0.373 e. The molecular formula is C17H29N2O+. The van der Waals surface area contributed by atoms with E-state index < -0.39 is 0 Å². The van der Waals surface area contributed by atoms with Crippen LogP contribution in [-0.4, -0.2) is 26.3 Å². The average molecular weight is 277 g/mol. The highest BCUT2D eigenvalue weighted by molar-refractivity contribution is 5.32. The van der Waals surface area contributed by atoms with E-state index in [2.05, 4.69) is 47.7 Å². The van der Waals surface area contributed by atoms with E-state index in [4.69, 9.17) is 4.74 Å². The Balaban J connectivity index is 2.06. The molecule has 0 bridgehead atoms. The lowest BCUT2D eigenvalue weighted by molar-refractivity contribution is -0.691. The van der Waals surface area contributed by atoms with Crippen LogP contribution < -0.4 is 9.47 Å². The molecule has 1 aliphatic rings. The fraction of sp³-hybridized carbons (Fsp3) is 0.706. The second kappa shape index (κ2) is 8.25. The molecular weight excluding hydrogens is 248 g/mol. The smallest absolute Gasteiger partial charge is 0.276 e. The van der Waals surface area contributed by atoms with Gasteiger partial charge in [-0.1, -0.05) is 32.8 Å².